The van der Waals surface area contributed by atoms with E-state index in [9.17, 15) is 0 Å². The summed E-state index contributed by atoms with van der Waals surface area (Å²) in [6, 6.07) is 0.629. The minimum absolute atomic E-state index is 0.374. The van der Waals surface area contributed by atoms with E-state index in [1.165, 1.54) is 19.3 Å². The number of hydrogen-bond acceptors (Lipinski definition) is 3. The third-order valence-electron chi connectivity index (χ3n) is 3.29. The molecule has 1 fully saturated rings. The van der Waals surface area contributed by atoms with E-state index >= 15 is 0 Å². The second-order valence-electron chi connectivity index (χ2n) is 4.56. The molecule has 1 N–H and O–H groups in total. The molecule has 2 rings (SSSR count). The maximum Gasteiger partial charge on any atom is 0.0826 e. The second-order valence-corrected chi connectivity index (χ2v) is 4.56. The minimum atomic E-state index is 0.374. The van der Waals surface area contributed by atoms with Gasteiger partial charge in [0, 0.05) is 25.7 Å². The highest BCUT2D eigenvalue weighted by Crippen LogP contribution is 2.15. The number of ether oxygens (including phenoxy) is 1. The predicted molar refractivity (Wildman–Crippen MR) is 62.0 cm³/mol. The van der Waals surface area contributed by atoms with E-state index in [2.05, 4.69) is 29.4 Å². The van der Waals surface area contributed by atoms with Gasteiger partial charge in [0.25, 0.3) is 0 Å². The van der Waals surface area contributed by atoms with E-state index < -0.39 is 0 Å². The van der Waals surface area contributed by atoms with Crippen LogP contribution in [-0.2, 0) is 4.74 Å². The van der Waals surface area contributed by atoms with Crippen LogP contribution in [0.4, 0.5) is 0 Å². The first kappa shape index (κ1) is 11.1. The van der Waals surface area contributed by atoms with Crippen LogP contribution >= 0.6 is 0 Å². The summed E-state index contributed by atoms with van der Waals surface area (Å²) in [6.07, 6.45) is 8.91. The summed E-state index contributed by atoms with van der Waals surface area (Å²) in [7, 11) is 2.21. The molecule has 0 amide bonds. The SMILES string of the molecule is CN(CC1CNCCO1)C1C=CCCC1. The molecular formula is C12H22N2O. The molecular weight excluding hydrogens is 188 g/mol. The van der Waals surface area contributed by atoms with Crippen molar-refractivity contribution in [3.8, 4) is 0 Å². The van der Waals surface area contributed by atoms with Crippen LogP contribution in [0.5, 0.6) is 0 Å². The maximum absolute atomic E-state index is 5.71. The Balaban J connectivity index is 1.77. The molecule has 0 spiro atoms. The lowest BCUT2D eigenvalue weighted by Gasteiger charge is -2.32. The molecule has 2 unspecified atom stereocenters. The molecule has 1 aliphatic carbocycles. The van der Waals surface area contributed by atoms with Gasteiger partial charge in [0.05, 0.1) is 12.7 Å². The fourth-order valence-electron chi connectivity index (χ4n) is 2.36. The van der Waals surface area contributed by atoms with Crippen molar-refractivity contribution in [3.05, 3.63) is 12.2 Å². The van der Waals surface area contributed by atoms with Gasteiger partial charge in [-0.25, -0.2) is 0 Å². The highest BCUT2D eigenvalue weighted by atomic mass is 16.5. The summed E-state index contributed by atoms with van der Waals surface area (Å²) >= 11 is 0. The number of hydrogen-bond donors (Lipinski definition) is 1. The van der Waals surface area contributed by atoms with Crippen LogP contribution < -0.4 is 5.32 Å². The van der Waals surface area contributed by atoms with Gasteiger partial charge in [-0.15, -0.1) is 0 Å². The third kappa shape index (κ3) is 3.30. The zero-order chi connectivity index (χ0) is 10.5. The summed E-state index contributed by atoms with van der Waals surface area (Å²) in [4.78, 5) is 2.42. The Hall–Kier alpha value is -0.380. The Morgan fingerprint density at radius 1 is 1.53 bits per heavy atom. The van der Waals surface area contributed by atoms with Crippen molar-refractivity contribution in [1.82, 2.24) is 10.2 Å². The average Bonchev–Trinajstić information content (AvgIpc) is 2.31. The largest absolute Gasteiger partial charge is 0.374 e. The van der Waals surface area contributed by atoms with Gasteiger partial charge < -0.3 is 10.1 Å². The summed E-state index contributed by atoms with van der Waals surface area (Å²) in [5, 5.41) is 3.37. The van der Waals surface area contributed by atoms with Crippen molar-refractivity contribution < 1.29 is 4.74 Å². The van der Waals surface area contributed by atoms with E-state index in [1.807, 2.05) is 0 Å². The van der Waals surface area contributed by atoms with Crippen LogP contribution in [0.3, 0.4) is 0 Å². The quantitative estimate of drug-likeness (QED) is 0.704. The van der Waals surface area contributed by atoms with Gasteiger partial charge in [0.2, 0.25) is 0 Å². The van der Waals surface area contributed by atoms with Crippen molar-refractivity contribution >= 4 is 0 Å². The molecule has 0 aromatic carbocycles. The van der Waals surface area contributed by atoms with Crippen molar-refractivity contribution in [2.75, 3.05) is 33.3 Å². The molecule has 0 bridgehead atoms. The number of nitrogens with zero attached hydrogens (tertiary/aromatic N) is 1. The lowest BCUT2D eigenvalue weighted by Crippen LogP contribution is -2.46. The molecule has 0 aromatic heterocycles. The number of nitrogens with one attached hydrogen (secondary N) is 1. The summed E-state index contributed by atoms with van der Waals surface area (Å²) in [5.74, 6) is 0. The second kappa shape index (κ2) is 5.64. The molecule has 2 aliphatic rings. The zero-order valence-corrected chi connectivity index (χ0v) is 9.61. The lowest BCUT2D eigenvalue weighted by atomic mass is 10.0. The zero-order valence-electron chi connectivity index (χ0n) is 9.61. The number of morpholine rings is 1. The van der Waals surface area contributed by atoms with Crippen molar-refractivity contribution in [2.45, 2.75) is 31.4 Å². The van der Waals surface area contributed by atoms with Crippen molar-refractivity contribution in [2.24, 2.45) is 0 Å². The molecule has 1 saturated heterocycles. The summed E-state index contributed by atoms with van der Waals surface area (Å²) in [5.41, 5.74) is 0. The highest BCUT2D eigenvalue weighted by Gasteiger charge is 2.20. The maximum atomic E-state index is 5.71. The van der Waals surface area contributed by atoms with E-state index in [0.717, 1.165) is 26.2 Å². The summed E-state index contributed by atoms with van der Waals surface area (Å²) in [6.45, 7) is 3.91. The Morgan fingerprint density at radius 3 is 3.13 bits per heavy atom. The fourth-order valence-corrected chi connectivity index (χ4v) is 2.36. The van der Waals surface area contributed by atoms with E-state index in [0.29, 0.717) is 12.1 Å². The number of likely N-dealkylation sites (N-methyl/N-ethyl adjacent to an activating group) is 1. The monoisotopic (exact) mass is 210 g/mol. The minimum Gasteiger partial charge on any atom is -0.374 e. The van der Waals surface area contributed by atoms with Gasteiger partial charge in [-0.2, -0.15) is 0 Å². The molecule has 0 aromatic rings. The summed E-state index contributed by atoms with van der Waals surface area (Å²) < 4.78 is 5.71. The van der Waals surface area contributed by atoms with Gasteiger partial charge in [-0.1, -0.05) is 12.2 Å². The topological polar surface area (TPSA) is 24.5 Å². The molecule has 3 nitrogen and oxygen atoms in total. The van der Waals surface area contributed by atoms with Gasteiger partial charge in [0.1, 0.15) is 0 Å². The molecule has 1 aliphatic heterocycles. The van der Waals surface area contributed by atoms with Gasteiger partial charge in [0.15, 0.2) is 0 Å². The Bertz CT molecular complexity index is 212. The Labute approximate surface area is 92.5 Å². The van der Waals surface area contributed by atoms with Crippen LogP contribution in [0.15, 0.2) is 12.2 Å². The molecule has 1 heterocycles. The average molecular weight is 210 g/mol. The van der Waals surface area contributed by atoms with E-state index in [1.54, 1.807) is 0 Å². The van der Waals surface area contributed by atoms with Crippen molar-refractivity contribution in [1.29, 1.82) is 0 Å². The normalized spacial score (nSPS) is 32.1. The first-order valence-corrected chi connectivity index (χ1v) is 6.05. The molecule has 86 valence electrons. The van der Waals surface area contributed by atoms with E-state index in [4.69, 9.17) is 4.74 Å². The van der Waals surface area contributed by atoms with Gasteiger partial charge in [-0.05, 0) is 26.3 Å². The Morgan fingerprint density at radius 2 is 2.47 bits per heavy atom. The van der Waals surface area contributed by atoms with Crippen LogP contribution in [0, 0.1) is 0 Å². The predicted octanol–water partition coefficient (Wildman–Crippen LogP) is 1.02. The lowest BCUT2D eigenvalue weighted by molar-refractivity contribution is 0.00518. The standard InChI is InChI=1S/C12H22N2O/c1-14(11-5-3-2-4-6-11)10-12-9-13-7-8-15-12/h3,5,11-13H,2,4,6-10H2,1H3. The highest BCUT2D eigenvalue weighted by molar-refractivity contribution is 4.98. The first-order chi connectivity index (χ1) is 7.36. The van der Waals surface area contributed by atoms with Gasteiger partial charge in [-0.3, -0.25) is 4.90 Å². The van der Waals surface area contributed by atoms with Crippen molar-refractivity contribution in [3.63, 3.8) is 0 Å². The molecule has 2 atom stereocenters. The van der Waals surface area contributed by atoms with Crippen LogP contribution in [0.1, 0.15) is 19.3 Å². The first-order valence-electron chi connectivity index (χ1n) is 6.05. The van der Waals surface area contributed by atoms with Crippen LogP contribution in [-0.4, -0.2) is 50.3 Å². The van der Waals surface area contributed by atoms with Crippen LogP contribution in [0.2, 0.25) is 0 Å². The number of allylic oxidation sites excluding steroid dienone is 1. The van der Waals surface area contributed by atoms with Gasteiger partial charge >= 0.3 is 0 Å². The smallest absolute Gasteiger partial charge is 0.0826 e. The van der Waals surface area contributed by atoms with Crippen LogP contribution in [0.25, 0.3) is 0 Å². The van der Waals surface area contributed by atoms with E-state index in [-0.39, 0.29) is 0 Å². The fraction of sp³-hybridized carbons (Fsp3) is 0.833. The third-order valence-corrected chi connectivity index (χ3v) is 3.29. The molecule has 15 heavy (non-hydrogen) atoms. The molecule has 0 radical (unpaired) electrons. The Kier molecular flexibility index (Phi) is 4.18. The molecule has 3 heteroatoms. The number of rotatable bonds is 3. The molecule has 0 saturated carbocycles.